The summed E-state index contributed by atoms with van der Waals surface area (Å²) < 4.78 is 4.92. The van der Waals surface area contributed by atoms with Crippen LogP contribution in [-0.2, 0) is 4.74 Å². The molecule has 0 spiro atoms. The van der Waals surface area contributed by atoms with Gasteiger partial charge in [0, 0.05) is 5.56 Å². The Bertz CT molecular complexity index is 902. The predicted octanol–water partition coefficient (Wildman–Crippen LogP) is 3.27. The molecule has 0 aliphatic rings. The van der Waals surface area contributed by atoms with E-state index in [0.29, 0.717) is 16.4 Å². The highest BCUT2D eigenvalue weighted by Gasteiger charge is 2.17. The maximum atomic E-state index is 12.2. The Labute approximate surface area is 148 Å². The molecule has 1 aromatic carbocycles. The lowest BCUT2D eigenvalue weighted by molar-refractivity contribution is 0.0519. The van der Waals surface area contributed by atoms with Gasteiger partial charge in [-0.1, -0.05) is 29.5 Å². The van der Waals surface area contributed by atoms with E-state index in [9.17, 15) is 9.59 Å². The molecule has 0 aliphatic heterocycles. The van der Waals surface area contributed by atoms with Crippen LogP contribution in [-0.4, -0.2) is 33.7 Å². The number of ether oxygens (including phenoxy) is 1. The van der Waals surface area contributed by atoms with Crippen LogP contribution in [0.3, 0.4) is 0 Å². The Morgan fingerprint density at radius 1 is 1.28 bits per heavy atom. The molecule has 2 N–H and O–H groups in total. The molecule has 0 saturated carbocycles. The van der Waals surface area contributed by atoms with E-state index in [1.54, 1.807) is 37.3 Å². The maximum absolute atomic E-state index is 12.2. The Morgan fingerprint density at radius 2 is 2.04 bits per heavy atom. The second kappa shape index (κ2) is 7.27. The van der Waals surface area contributed by atoms with E-state index in [-0.39, 0.29) is 18.2 Å². The molecule has 3 aromatic rings. The molecule has 2 heterocycles. The normalized spacial score (nSPS) is 10.5. The highest BCUT2D eigenvalue weighted by Crippen LogP contribution is 2.32. The van der Waals surface area contributed by atoms with Crippen molar-refractivity contribution >= 4 is 28.3 Å². The number of esters is 1. The minimum absolute atomic E-state index is 0.208. The first kappa shape index (κ1) is 16.8. The summed E-state index contributed by atoms with van der Waals surface area (Å²) in [6.07, 6.45) is 0. The minimum atomic E-state index is -0.482. The van der Waals surface area contributed by atoms with Crippen molar-refractivity contribution in [3.05, 3.63) is 53.3 Å². The van der Waals surface area contributed by atoms with E-state index < -0.39 is 5.97 Å². The Hall–Kier alpha value is -3.00. The third-order valence-corrected chi connectivity index (χ3v) is 4.47. The quantitative estimate of drug-likeness (QED) is 0.684. The molecule has 0 fully saturated rings. The lowest BCUT2D eigenvalue weighted by Crippen LogP contribution is -2.11. The van der Waals surface area contributed by atoms with E-state index in [4.69, 9.17) is 4.74 Å². The predicted molar refractivity (Wildman–Crippen MR) is 94.8 cm³/mol. The molecule has 25 heavy (non-hydrogen) atoms. The summed E-state index contributed by atoms with van der Waals surface area (Å²) in [5.74, 6) is -0.706. The largest absolute Gasteiger partial charge is 0.461 e. The molecule has 7 nitrogen and oxygen atoms in total. The number of thiazole rings is 1. The van der Waals surface area contributed by atoms with Crippen molar-refractivity contribution in [1.29, 1.82) is 0 Å². The number of rotatable bonds is 5. The summed E-state index contributed by atoms with van der Waals surface area (Å²) in [5, 5.41) is 10.0. The van der Waals surface area contributed by atoms with Gasteiger partial charge in [0.1, 0.15) is 0 Å². The number of aryl methyl sites for hydroxylation is 1. The van der Waals surface area contributed by atoms with Gasteiger partial charge in [0.2, 0.25) is 0 Å². The molecule has 0 aliphatic carbocycles. The highest BCUT2D eigenvalue weighted by atomic mass is 32.1. The molecule has 0 atom stereocenters. The first-order valence-corrected chi connectivity index (χ1v) is 8.47. The van der Waals surface area contributed by atoms with Gasteiger partial charge in [0.05, 0.1) is 22.9 Å². The Kier molecular flexibility index (Phi) is 4.90. The van der Waals surface area contributed by atoms with Gasteiger partial charge in [-0.2, -0.15) is 5.10 Å². The van der Waals surface area contributed by atoms with Crippen LogP contribution in [0, 0.1) is 6.92 Å². The van der Waals surface area contributed by atoms with Crippen molar-refractivity contribution in [2.75, 3.05) is 11.9 Å². The van der Waals surface area contributed by atoms with Gasteiger partial charge in [-0.15, -0.1) is 0 Å². The summed E-state index contributed by atoms with van der Waals surface area (Å²) in [5.41, 5.74) is 2.15. The molecule has 0 saturated heterocycles. The Morgan fingerprint density at radius 3 is 2.76 bits per heavy atom. The van der Waals surface area contributed by atoms with E-state index in [2.05, 4.69) is 20.5 Å². The number of aromatic amines is 1. The molecule has 0 radical (unpaired) electrons. The average Bonchev–Trinajstić information content (AvgIpc) is 3.22. The summed E-state index contributed by atoms with van der Waals surface area (Å²) >= 11 is 1.31. The average molecular weight is 356 g/mol. The zero-order chi connectivity index (χ0) is 17.8. The van der Waals surface area contributed by atoms with Gasteiger partial charge < -0.3 is 4.74 Å². The van der Waals surface area contributed by atoms with Crippen LogP contribution in [0.4, 0.5) is 5.13 Å². The fourth-order valence-corrected chi connectivity index (χ4v) is 3.13. The topological polar surface area (TPSA) is 97.0 Å². The first-order valence-electron chi connectivity index (χ1n) is 7.65. The fourth-order valence-electron chi connectivity index (χ4n) is 2.21. The molecule has 1 amide bonds. The molecular formula is C17H16N4O3S. The number of H-pyrrole nitrogens is 1. The van der Waals surface area contributed by atoms with Gasteiger partial charge in [-0.05, 0) is 32.0 Å². The molecule has 0 unspecified atom stereocenters. The lowest BCUT2D eigenvalue weighted by Gasteiger charge is -2.00. The zero-order valence-corrected chi connectivity index (χ0v) is 14.5. The van der Waals surface area contributed by atoms with Gasteiger partial charge >= 0.3 is 5.97 Å². The van der Waals surface area contributed by atoms with E-state index in [1.807, 2.05) is 13.0 Å². The van der Waals surface area contributed by atoms with Crippen LogP contribution < -0.4 is 5.32 Å². The smallest absolute Gasteiger partial charge is 0.358 e. The van der Waals surface area contributed by atoms with Crippen molar-refractivity contribution in [2.24, 2.45) is 0 Å². The number of aromatic nitrogens is 3. The molecule has 8 heteroatoms. The van der Waals surface area contributed by atoms with Crippen molar-refractivity contribution in [1.82, 2.24) is 15.2 Å². The molecular weight excluding hydrogens is 340 g/mol. The van der Waals surface area contributed by atoms with Crippen molar-refractivity contribution < 1.29 is 14.3 Å². The van der Waals surface area contributed by atoms with E-state index in [0.717, 1.165) is 10.6 Å². The monoisotopic (exact) mass is 356 g/mol. The van der Waals surface area contributed by atoms with Crippen LogP contribution in [0.15, 0.2) is 36.4 Å². The number of hydrogen-bond donors (Lipinski definition) is 2. The molecule has 3 rings (SSSR count). The molecule has 0 bridgehead atoms. The highest BCUT2D eigenvalue weighted by molar-refractivity contribution is 7.19. The third kappa shape index (κ3) is 3.74. The van der Waals surface area contributed by atoms with Gasteiger partial charge in [0.25, 0.3) is 5.91 Å². The minimum Gasteiger partial charge on any atom is -0.461 e. The summed E-state index contributed by atoms with van der Waals surface area (Å²) in [6.45, 7) is 3.85. The number of carbonyl (C=O) groups is 2. The van der Waals surface area contributed by atoms with Gasteiger partial charge in [-0.3, -0.25) is 15.2 Å². The maximum Gasteiger partial charge on any atom is 0.358 e. The van der Waals surface area contributed by atoms with Crippen molar-refractivity contribution in [2.45, 2.75) is 13.8 Å². The number of benzene rings is 1. The molecule has 128 valence electrons. The first-order chi connectivity index (χ1) is 12.1. The lowest BCUT2D eigenvalue weighted by atomic mass is 10.2. The number of carbonyl (C=O) groups excluding carboxylic acids is 2. The van der Waals surface area contributed by atoms with Crippen LogP contribution in [0.5, 0.6) is 0 Å². The van der Waals surface area contributed by atoms with Gasteiger partial charge in [0.15, 0.2) is 10.8 Å². The van der Waals surface area contributed by atoms with Crippen molar-refractivity contribution in [3.8, 4) is 10.6 Å². The number of nitrogens with one attached hydrogen (secondary N) is 2. The number of anilines is 1. The number of nitrogens with zero attached hydrogens (tertiary/aromatic N) is 2. The second-order valence-corrected chi connectivity index (χ2v) is 6.14. The summed E-state index contributed by atoms with van der Waals surface area (Å²) in [7, 11) is 0. The van der Waals surface area contributed by atoms with Crippen LogP contribution in [0.25, 0.3) is 10.6 Å². The van der Waals surface area contributed by atoms with Crippen LogP contribution in [0.2, 0.25) is 0 Å². The van der Waals surface area contributed by atoms with Crippen LogP contribution >= 0.6 is 11.3 Å². The summed E-state index contributed by atoms with van der Waals surface area (Å²) in [6, 6.07) is 10.5. The van der Waals surface area contributed by atoms with Crippen LogP contribution in [0.1, 0.15) is 33.5 Å². The van der Waals surface area contributed by atoms with E-state index in [1.165, 1.54) is 11.3 Å². The fraction of sp³-hybridized carbons (Fsp3) is 0.176. The zero-order valence-electron chi connectivity index (χ0n) is 13.7. The molecule has 2 aromatic heterocycles. The van der Waals surface area contributed by atoms with Crippen molar-refractivity contribution in [3.63, 3.8) is 0 Å². The SMILES string of the molecule is CCOC(=O)c1cc(-c2sc(NC(=O)c3ccccc3)nc2C)[nH]n1. The van der Waals surface area contributed by atoms with E-state index >= 15 is 0 Å². The standard InChI is InChI=1S/C17H16N4O3S/c1-3-24-16(23)13-9-12(20-21-13)14-10(2)18-17(25-14)19-15(22)11-7-5-4-6-8-11/h4-9H,3H2,1-2H3,(H,20,21)(H,18,19,22). The third-order valence-electron chi connectivity index (χ3n) is 3.36. The Balaban J connectivity index is 1.79. The number of hydrogen-bond acceptors (Lipinski definition) is 6. The second-order valence-electron chi connectivity index (χ2n) is 5.14. The summed E-state index contributed by atoms with van der Waals surface area (Å²) in [4.78, 5) is 29.1. The van der Waals surface area contributed by atoms with Gasteiger partial charge in [-0.25, -0.2) is 9.78 Å². The number of amides is 1.